The summed E-state index contributed by atoms with van der Waals surface area (Å²) in [6, 6.07) is 4.05. The summed E-state index contributed by atoms with van der Waals surface area (Å²) >= 11 is 0. The first-order chi connectivity index (χ1) is 9.29. The molecule has 0 saturated carbocycles. The van der Waals surface area contributed by atoms with E-state index in [0.29, 0.717) is 11.8 Å². The molecule has 0 spiro atoms. The molecule has 1 aliphatic carbocycles. The van der Waals surface area contributed by atoms with E-state index in [4.69, 9.17) is 4.74 Å². The second kappa shape index (κ2) is 7.29. The molecule has 0 aliphatic heterocycles. The maximum Gasteiger partial charge on any atom is 0.213 e. The van der Waals surface area contributed by atoms with Gasteiger partial charge in [0.1, 0.15) is 0 Å². The molecule has 2 atom stereocenters. The standard InChI is InChI=1S/C16H24N2O/c1-3-17-10-14-8-9-16(18-11-14)19-12-15-7-5-4-6-13(15)2/h4-5,8-9,11,13,15,17H,3,6-7,10,12H2,1-2H3. The van der Waals surface area contributed by atoms with Crippen molar-refractivity contribution >= 4 is 0 Å². The van der Waals surface area contributed by atoms with E-state index in [-0.39, 0.29) is 0 Å². The first kappa shape index (κ1) is 14.1. The Hall–Kier alpha value is -1.35. The van der Waals surface area contributed by atoms with Crippen molar-refractivity contribution in [1.29, 1.82) is 0 Å². The van der Waals surface area contributed by atoms with E-state index in [1.807, 2.05) is 12.3 Å². The quantitative estimate of drug-likeness (QED) is 0.798. The van der Waals surface area contributed by atoms with Crippen molar-refractivity contribution in [3.8, 4) is 5.88 Å². The van der Waals surface area contributed by atoms with Crippen LogP contribution in [-0.2, 0) is 6.54 Å². The predicted molar refractivity (Wildman–Crippen MR) is 78.1 cm³/mol. The van der Waals surface area contributed by atoms with Crippen molar-refractivity contribution < 1.29 is 4.74 Å². The molecular weight excluding hydrogens is 236 g/mol. The predicted octanol–water partition coefficient (Wildman–Crippen LogP) is 3.17. The van der Waals surface area contributed by atoms with Gasteiger partial charge in [-0.25, -0.2) is 4.98 Å². The van der Waals surface area contributed by atoms with Crippen molar-refractivity contribution in [2.75, 3.05) is 13.2 Å². The number of pyridine rings is 1. The van der Waals surface area contributed by atoms with Crippen LogP contribution in [0.2, 0.25) is 0 Å². The molecule has 104 valence electrons. The SMILES string of the molecule is CCNCc1ccc(OCC2CC=CCC2C)nc1. The Bertz CT molecular complexity index is 400. The van der Waals surface area contributed by atoms with Gasteiger partial charge in [0, 0.05) is 18.8 Å². The molecule has 3 nitrogen and oxygen atoms in total. The molecule has 0 saturated heterocycles. The number of hydrogen-bond donors (Lipinski definition) is 1. The van der Waals surface area contributed by atoms with Gasteiger partial charge in [-0.05, 0) is 36.8 Å². The molecule has 1 heterocycles. The van der Waals surface area contributed by atoms with Crippen molar-refractivity contribution in [3.63, 3.8) is 0 Å². The normalized spacial score (nSPS) is 22.4. The van der Waals surface area contributed by atoms with Crippen LogP contribution in [0, 0.1) is 11.8 Å². The van der Waals surface area contributed by atoms with Crippen molar-refractivity contribution in [1.82, 2.24) is 10.3 Å². The van der Waals surface area contributed by atoms with E-state index in [2.05, 4.69) is 42.4 Å². The van der Waals surface area contributed by atoms with E-state index in [9.17, 15) is 0 Å². The fourth-order valence-electron chi connectivity index (χ4n) is 2.30. The van der Waals surface area contributed by atoms with Gasteiger partial charge in [0.2, 0.25) is 5.88 Å². The minimum atomic E-state index is 0.619. The highest BCUT2D eigenvalue weighted by molar-refractivity contribution is 5.17. The first-order valence-electron chi connectivity index (χ1n) is 7.23. The molecule has 19 heavy (non-hydrogen) atoms. The van der Waals surface area contributed by atoms with Crippen molar-refractivity contribution in [2.45, 2.75) is 33.2 Å². The van der Waals surface area contributed by atoms with Crippen LogP contribution in [0.3, 0.4) is 0 Å². The zero-order valence-electron chi connectivity index (χ0n) is 11.9. The smallest absolute Gasteiger partial charge is 0.213 e. The number of ether oxygens (including phenoxy) is 1. The van der Waals surface area contributed by atoms with Gasteiger partial charge < -0.3 is 10.1 Å². The lowest BCUT2D eigenvalue weighted by atomic mass is 9.85. The van der Waals surface area contributed by atoms with Gasteiger partial charge >= 0.3 is 0 Å². The molecule has 0 fully saturated rings. The molecule has 0 aromatic carbocycles. The van der Waals surface area contributed by atoms with Gasteiger partial charge in [0.15, 0.2) is 0 Å². The molecule has 3 heteroatoms. The summed E-state index contributed by atoms with van der Waals surface area (Å²) < 4.78 is 5.81. The average molecular weight is 260 g/mol. The lowest BCUT2D eigenvalue weighted by Gasteiger charge is -2.24. The molecule has 1 aromatic rings. The highest BCUT2D eigenvalue weighted by Gasteiger charge is 2.18. The molecule has 0 radical (unpaired) electrons. The van der Waals surface area contributed by atoms with E-state index in [1.165, 1.54) is 12.0 Å². The lowest BCUT2D eigenvalue weighted by Crippen LogP contribution is -2.21. The number of rotatable bonds is 6. The van der Waals surface area contributed by atoms with E-state index < -0.39 is 0 Å². The number of nitrogens with zero attached hydrogens (tertiary/aromatic N) is 1. The number of aromatic nitrogens is 1. The second-order valence-electron chi connectivity index (χ2n) is 5.28. The van der Waals surface area contributed by atoms with Gasteiger partial charge in [0.05, 0.1) is 6.61 Å². The third kappa shape index (κ3) is 4.35. The molecule has 2 rings (SSSR count). The number of allylic oxidation sites excluding steroid dienone is 2. The second-order valence-corrected chi connectivity index (χ2v) is 5.28. The van der Waals surface area contributed by atoms with Gasteiger partial charge in [-0.3, -0.25) is 0 Å². The highest BCUT2D eigenvalue weighted by atomic mass is 16.5. The fourth-order valence-corrected chi connectivity index (χ4v) is 2.30. The summed E-state index contributed by atoms with van der Waals surface area (Å²) in [6.45, 7) is 7.01. The first-order valence-corrected chi connectivity index (χ1v) is 7.23. The van der Waals surface area contributed by atoms with Crippen molar-refractivity contribution in [3.05, 3.63) is 36.0 Å². The molecule has 0 bridgehead atoms. The van der Waals surface area contributed by atoms with Crippen LogP contribution in [0.25, 0.3) is 0 Å². The Morgan fingerprint density at radius 1 is 1.32 bits per heavy atom. The van der Waals surface area contributed by atoms with Crippen LogP contribution >= 0.6 is 0 Å². The summed E-state index contributed by atoms with van der Waals surface area (Å²) in [6.07, 6.45) is 8.72. The van der Waals surface area contributed by atoms with Crippen LogP contribution in [0.4, 0.5) is 0 Å². The maximum atomic E-state index is 5.81. The molecular formula is C16H24N2O. The summed E-state index contributed by atoms with van der Waals surface area (Å²) in [4.78, 5) is 4.36. The third-order valence-corrected chi connectivity index (χ3v) is 3.74. The average Bonchev–Trinajstić information content (AvgIpc) is 2.45. The zero-order valence-corrected chi connectivity index (χ0v) is 11.9. The van der Waals surface area contributed by atoms with Crippen LogP contribution < -0.4 is 10.1 Å². The molecule has 0 amide bonds. The Morgan fingerprint density at radius 3 is 2.84 bits per heavy atom. The molecule has 2 unspecified atom stereocenters. The number of hydrogen-bond acceptors (Lipinski definition) is 3. The van der Waals surface area contributed by atoms with Crippen LogP contribution in [0.1, 0.15) is 32.3 Å². The number of nitrogens with one attached hydrogen (secondary N) is 1. The van der Waals surface area contributed by atoms with Crippen LogP contribution in [0.15, 0.2) is 30.5 Å². The largest absolute Gasteiger partial charge is 0.477 e. The Kier molecular flexibility index (Phi) is 5.40. The van der Waals surface area contributed by atoms with E-state index in [1.54, 1.807) is 0 Å². The highest BCUT2D eigenvalue weighted by Crippen LogP contribution is 2.25. The zero-order chi connectivity index (χ0) is 13.5. The van der Waals surface area contributed by atoms with Crippen LogP contribution in [0.5, 0.6) is 5.88 Å². The summed E-state index contributed by atoms with van der Waals surface area (Å²) in [5, 5.41) is 3.29. The van der Waals surface area contributed by atoms with Crippen molar-refractivity contribution in [2.24, 2.45) is 11.8 Å². The molecule has 1 aliphatic rings. The van der Waals surface area contributed by atoms with Gasteiger partial charge in [-0.2, -0.15) is 0 Å². The van der Waals surface area contributed by atoms with Gasteiger partial charge in [-0.1, -0.05) is 32.1 Å². The molecule has 1 N–H and O–H groups in total. The Labute approximate surface area is 116 Å². The fraction of sp³-hybridized carbons (Fsp3) is 0.562. The monoisotopic (exact) mass is 260 g/mol. The summed E-state index contributed by atoms with van der Waals surface area (Å²) in [5.41, 5.74) is 1.20. The summed E-state index contributed by atoms with van der Waals surface area (Å²) in [7, 11) is 0. The maximum absolute atomic E-state index is 5.81. The summed E-state index contributed by atoms with van der Waals surface area (Å²) in [5.74, 6) is 2.06. The minimum Gasteiger partial charge on any atom is -0.477 e. The topological polar surface area (TPSA) is 34.1 Å². The van der Waals surface area contributed by atoms with Gasteiger partial charge in [-0.15, -0.1) is 0 Å². The Balaban J connectivity index is 1.81. The van der Waals surface area contributed by atoms with Gasteiger partial charge in [0.25, 0.3) is 0 Å². The minimum absolute atomic E-state index is 0.619. The van der Waals surface area contributed by atoms with Crippen LogP contribution in [-0.4, -0.2) is 18.1 Å². The Morgan fingerprint density at radius 2 is 2.16 bits per heavy atom. The molecule has 1 aromatic heterocycles. The van der Waals surface area contributed by atoms with E-state index in [0.717, 1.165) is 32.0 Å². The lowest BCUT2D eigenvalue weighted by molar-refractivity contribution is 0.192. The third-order valence-electron chi connectivity index (χ3n) is 3.74. The van der Waals surface area contributed by atoms with E-state index >= 15 is 0 Å².